The third-order valence-electron chi connectivity index (χ3n) is 4.93. The fourth-order valence-corrected chi connectivity index (χ4v) is 4.71. The van der Waals surface area contributed by atoms with Crippen LogP contribution in [0.3, 0.4) is 0 Å². The molecule has 4 aromatic carbocycles. The van der Waals surface area contributed by atoms with Crippen molar-refractivity contribution >= 4 is 44.8 Å². The molecule has 5 aromatic rings. The van der Waals surface area contributed by atoms with Gasteiger partial charge >= 0.3 is 0 Å². The topological polar surface area (TPSA) is 0 Å². The van der Waals surface area contributed by atoms with E-state index < -0.39 is 0 Å². The molecule has 0 atom stereocenters. The molecule has 5 rings (SSSR count). The molecule has 122 valence electrons. The van der Waals surface area contributed by atoms with Crippen LogP contribution in [-0.2, 0) is 0 Å². The number of fused-ring (bicyclic) bond motifs is 3. The van der Waals surface area contributed by atoms with E-state index in [1.807, 2.05) is 11.3 Å². The van der Waals surface area contributed by atoms with Crippen molar-refractivity contribution < 1.29 is 0 Å². The highest BCUT2D eigenvalue weighted by Gasteiger charge is 2.08. The highest BCUT2D eigenvalue weighted by molar-refractivity contribution is 7.25. The van der Waals surface area contributed by atoms with Gasteiger partial charge in [-0.15, -0.1) is 11.3 Å². The van der Waals surface area contributed by atoms with Crippen LogP contribution in [0.2, 0.25) is 0 Å². The minimum atomic E-state index is 1.26. The van der Waals surface area contributed by atoms with Crippen LogP contribution in [0.1, 0.15) is 0 Å². The molecule has 0 unspecified atom stereocenters. The van der Waals surface area contributed by atoms with Gasteiger partial charge in [0, 0.05) is 14.8 Å². The Kier molecular flexibility index (Phi) is 3.65. The van der Waals surface area contributed by atoms with E-state index in [2.05, 4.69) is 98.8 Å². The van der Waals surface area contributed by atoms with Gasteiger partial charge in [0.15, 0.2) is 0 Å². The molecule has 0 N–H and O–H groups in total. The summed E-state index contributed by atoms with van der Waals surface area (Å²) in [4.78, 5) is 0. The van der Waals surface area contributed by atoms with Crippen LogP contribution < -0.4 is 5.46 Å². The van der Waals surface area contributed by atoms with Gasteiger partial charge in [0.2, 0.25) is 0 Å². The lowest BCUT2D eigenvalue weighted by Gasteiger charge is -2.06. The van der Waals surface area contributed by atoms with Crippen LogP contribution in [-0.4, -0.2) is 7.85 Å². The highest BCUT2D eigenvalue weighted by atomic mass is 32.1. The Morgan fingerprint density at radius 1 is 0.500 bits per heavy atom. The van der Waals surface area contributed by atoms with Crippen molar-refractivity contribution in [1.82, 2.24) is 0 Å². The van der Waals surface area contributed by atoms with Crippen LogP contribution in [0, 0.1) is 0 Å². The smallest absolute Gasteiger partial charge is 0.135 e. The molecule has 0 bridgehead atoms. The first kappa shape index (κ1) is 15.4. The first-order chi connectivity index (χ1) is 12.8. The van der Waals surface area contributed by atoms with E-state index in [4.69, 9.17) is 0 Å². The van der Waals surface area contributed by atoms with Gasteiger partial charge in [-0.3, -0.25) is 0 Å². The Morgan fingerprint density at radius 2 is 1.23 bits per heavy atom. The van der Waals surface area contributed by atoms with E-state index in [0.29, 0.717) is 0 Å². The van der Waals surface area contributed by atoms with E-state index in [0.717, 1.165) is 0 Å². The molecule has 0 aliphatic carbocycles. The van der Waals surface area contributed by atoms with Gasteiger partial charge in [-0.2, -0.15) is 0 Å². The fourth-order valence-electron chi connectivity index (χ4n) is 3.58. The molecular weight excluding hydrogens is 331 g/mol. The summed E-state index contributed by atoms with van der Waals surface area (Å²) < 4.78 is 2.72. The van der Waals surface area contributed by atoms with Crippen LogP contribution in [0.5, 0.6) is 0 Å². The third-order valence-corrected chi connectivity index (χ3v) is 6.06. The first-order valence-corrected chi connectivity index (χ1v) is 9.68. The van der Waals surface area contributed by atoms with Crippen molar-refractivity contribution in [3.63, 3.8) is 0 Å². The van der Waals surface area contributed by atoms with Gasteiger partial charge in [-0.1, -0.05) is 78.3 Å². The predicted molar refractivity (Wildman–Crippen MR) is 118 cm³/mol. The second kappa shape index (κ2) is 6.15. The number of hydrogen-bond acceptors (Lipinski definition) is 1. The quantitative estimate of drug-likeness (QED) is 0.362. The zero-order chi connectivity index (χ0) is 17.5. The lowest BCUT2D eigenvalue weighted by Crippen LogP contribution is -1.98. The minimum absolute atomic E-state index is 1.26. The second-order valence-corrected chi connectivity index (χ2v) is 7.84. The number of rotatable bonds is 2. The molecule has 0 saturated heterocycles. The lowest BCUT2D eigenvalue weighted by atomic mass is 9.94. The third kappa shape index (κ3) is 2.63. The molecule has 1 heterocycles. The highest BCUT2D eigenvalue weighted by Crippen LogP contribution is 2.36. The summed E-state index contributed by atoms with van der Waals surface area (Å²) in [6, 6.07) is 33.0. The molecule has 0 fully saturated rings. The normalized spacial score (nSPS) is 11.2. The SMILES string of the molecule is Bc1ccc2sc3cc(-c4cccc(-c5ccccc5)c4)ccc3c2c1. The van der Waals surface area contributed by atoms with E-state index in [1.165, 1.54) is 47.9 Å². The number of hydrogen-bond donors (Lipinski definition) is 0. The van der Waals surface area contributed by atoms with Crippen LogP contribution in [0.15, 0.2) is 91.0 Å². The van der Waals surface area contributed by atoms with Crippen molar-refractivity contribution in [2.75, 3.05) is 0 Å². The second-order valence-electron chi connectivity index (χ2n) is 6.76. The van der Waals surface area contributed by atoms with Crippen molar-refractivity contribution in [2.45, 2.75) is 0 Å². The Morgan fingerprint density at radius 3 is 2.08 bits per heavy atom. The van der Waals surface area contributed by atoms with Gasteiger partial charge in [0.25, 0.3) is 0 Å². The van der Waals surface area contributed by atoms with Crippen LogP contribution in [0.25, 0.3) is 42.4 Å². The van der Waals surface area contributed by atoms with E-state index in [1.54, 1.807) is 0 Å². The average molecular weight is 348 g/mol. The van der Waals surface area contributed by atoms with Gasteiger partial charge in [-0.25, -0.2) is 0 Å². The van der Waals surface area contributed by atoms with E-state index in [-0.39, 0.29) is 0 Å². The van der Waals surface area contributed by atoms with Gasteiger partial charge in [0.05, 0.1) is 0 Å². The largest absolute Gasteiger partial charge is 0.139 e. The van der Waals surface area contributed by atoms with Crippen LogP contribution >= 0.6 is 11.3 Å². The summed E-state index contributed by atoms with van der Waals surface area (Å²) in [6.45, 7) is 0. The van der Waals surface area contributed by atoms with Gasteiger partial charge in [0.1, 0.15) is 7.85 Å². The summed E-state index contributed by atoms with van der Waals surface area (Å²) in [7, 11) is 2.16. The molecule has 0 nitrogen and oxygen atoms in total. The summed E-state index contributed by atoms with van der Waals surface area (Å²) in [5.74, 6) is 0. The van der Waals surface area contributed by atoms with Crippen molar-refractivity contribution in [1.29, 1.82) is 0 Å². The maximum Gasteiger partial charge on any atom is 0.139 e. The Bertz CT molecular complexity index is 1240. The maximum absolute atomic E-state index is 2.33. The number of thiophene rings is 1. The summed E-state index contributed by atoms with van der Waals surface area (Å²) in [5, 5.41) is 2.73. The zero-order valence-corrected chi connectivity index (χ0v) is 15.4. The van der Waals surface area contributed by atoms with Crippen molar-refractivity contribution in [3.8, 4) is 22.3 Å². The molecule has 0 aliphatic rings. The number of benzene rings is 4. The summed E-state index contributed by atoms with van der Waals surface area (Å²) in [5.41, 5.74) is 6.38. The average Bonchev–Trinajstić information content (AvgIpc) is 3.06. The Labute approximate surface area is 158 Å². The Hall–Kier alpha value is -2.84. The predicted octanol–water partition coefficient (Wildman–Crippen LogP) is 5.65. The van der Waals surface area contributed by atoms with Gasteiger partial charge < -0.3 is 0 Å². The first-order valence-electron chi connectivity index (χ1n) is 8.87. The molecule has 0 amide bonds. The molecule has 0 radical (unpaired) electrons. The van der Waals surface area contributed by atoms with Crippen molar-refractivity contribution in [3.05, 3.63) is 91.0 Å². The van der Waals surface area contributed by atoms with Crippen LogP contribution in [0.4, 0.5) is 0 Å². The molecular formula is C24H17BS. The standard InChI is InChI=1S/C24H17BS/c25-20-10-12-23-22(15-20)21-11-9-19(14-24(21)26-23)18-8-4-7-17(13-18)16-5-2-1-3-6-16/h1-15H,25H2. The summed E-state index contributed by atoms with van der Waals surface area (Å²) >= 11 is 1.88. The monoisotopic (exact) mass is 348 g/mol. The Balaban J connectivity index is 1.64. The summed E-state index contributed by atoms with van der Waals surface area (Å²) in [6.07, 6.45) is 0. The molecule has 0 saturated carbocycles. The van der Waals surface area contributed by atoms with E-state index >= 15 is 0 Å². The molecule has 26 heavy (non-hydrogen) atoms. The van der Waals surface area contributed by atoms with E-state index in [9.17, 15) is 0 Å². The zero-order valence-electron chi connectivity index (χ0n) is 14.6. The maximum atomic E-state index is 2.33. The van der Waals surface area contributed by atoms with Gasteiger partial charge in [-0.05, 0) is 45.8 Å². The minimum Gasteiger partial charge on any atom is -0.135 e. The lowest BCUT2D eigenvalue weighted by molar-refractivity contribution is 1.60. The molecule has 0 spiro atoms. The van der Waals surface area contributed by atoms with Crippen molar-refractivity contribution in [2.24, 2.45) is 0 Å². The fraction of sp³-hybridized carbons (Fsp3) is 0. The molecule has 1 aromatic heterocycles. The molecule has 2 heteroatoms. The molecule has 0 aliphatic heterocycles.